The smallest absolute Gasteiger partial charge is 0.303 e. The molecule has 1 N–H and O–H groups in total. The van der Waals surface area contributed by atoms with Crippen LogP contribution in [0.2, 0.25) is 0 Å². The molecule has 0 aromatic carbocycles. The summed E-state index contributed by atoms with van der Waals surface area (Å²) in [5.74, 6) is 2.90. The van der Waals surface area contributed by atoms with Crippen LogP contribution in [0, 0.1) is 11.8 Å². The van der Waals surface area contributed by atoms with Crippen molar-refractivity contribution in [3.05, 3.63) is 0 Å². The van der Waals surface area contributed by atoms with E-state index in [1.807, 2.05) is 16.7 Å². The van der Waals surface area contributed by atoms with Crippen LogP contribution in [0.4, 0.5) is 0 Å². The summed E-state index contributed by atoms with van der Waals surface area (Å²) in [5, 5.41) is 8.75. The van der Waals surface area contributed by atoms with Gasteiger partial charge in [0.15, 0.2) is 0 Å². The minimum Gasteiger partial charge on any atom is -0.481 e. The molecule has 0 spiro atoms. The average molecular weight is 299 g/mol. The number of nitrogens with zero attached hydrogens (tertiary/aromatic N) is 1. The molecule has 0 saturated carbocycles. The number of rotatable bonds is 5. The monoisotopic (exact) mass is 299 g/mol. The fraction of sp³-hybridized carbons (Fsp3) is 0.867. The summed E-state index contributed by atoms with van der Waals surface area (Å²) in [6.07, 6.45) is 6.07. The second kappa shape index (κ2) is 7.91. The van der Waals surface area contributed by atoms with Crippen molar-refractivity contribution in [1.29, 1.82) is 0 Å². The van der Waals surface area contributed by atoms with Gasteiger partial charge >= 0.3 is 5.97 Å². The molecule has 2 aliphatic heterocycles. The Labute approximate surface area is 125 Å². The lowest BCUT2D eigenvalue weighted by Crippen LogP contribution is -2.41. The van der Waals surface area contributed by atoms with Crippen molar-refractivity contribution >= 4 is 23.6 Å². The quantitative estimate of drug-likeness (QED) is 0.848. The van der Waals surface area contributed by atoms with Crippen LogP contribution < -0.4 is 0 Å². The fourth-order valence-corrected chi connectivity index (χ4v) is 4.39. The zero-order chi connectivity index (χ0) is 14.4. The van der Waals surface area contributed by atoms with E-state index in [9.17, 15) is 9.59 Å². The summed E-state index contributed by atoms with van der Waals surface area (Å²) in [6, 6.07) is 0. The van der Waals surface area contributed by atoms with Gasteiger partial charge in [-0.2, -0.15) is 11.8 Å². The number of amides is 1. The van der Waals surface area contributed by atoms with Crippen molar-refractivity contribution in [2.45, 2.75) is 44.9 Å². The van der Waals surface area contributed by atoms with Crippen LogP contribution in [-0.2, 0) is 9.59 Å². The molecule has 0 bridgehead atoms. The average Bonchev–Trinajstić information content (AvgIpc) is 2.46. The number of likely N-dealkylation sites (tertiary alicyclic amines) is 1. The van der Waals surface area contributed by atoms with Gasteiger partial charge in [0.2, 0.25) is 5.91 Å². The highest BCUT2D eigenvalue weighted by Crippen LogP contribution is 2.27. The summed E-state index contributed by atoms with van der Waals surface area (Å²) in [5.41, 5.74) is 0. The number of carbonyl (C=O) groups is 2. The molecule has 0 unspecified atom stereocenters. The van der Waals surface area contributed by atoms with Crippen LogP contribution in [-0.4, -0.2) is 46.5 Å². The predicted molar refractivity (Wildman–Crippen MR) is 80.8 cm³/mol. The topological polar surface area (TPSA) is 57.6 Å². The Morgan fingerprint density at radius 2 is 1.90 bits per heavy atom. The Morgan fingerprint density at radius 3 is 2.60 bits per heavy atom. The van der Waals surface area contributed by atoms with Crippen LogP contribution in [0.25, 0.3) is 0 Å². The molecule has 2 fully saturated rings. The van der Waals surface area contributed by atoms with Gasteiger partial charge in [-0.05, 0) is 55.4 Å². The fourth-order valence-electron chi connectivity index (χ4n) is 3.18. The maximum absolute atomic E-state index is 12.4. The van der Waals surface area contributed by atoms with Gasteiger partial charge in [0.05, 0.1) is 0 Å². The largest absolute Gasteiger partial charge is 0.481 e. The molecule has 0 aromatic rings. The Balaban J connectivity index is 1.75. The molecule has 0 aromatic heterocycles. The minimum atomic E-state index is -0.729. The first-order valence-electron chi connectivity index (χ1n) is 7.72. The van der Waals surface area contributed by atoms with E-state index in [4.69, 9.17) is 5.11 Å². The predicted octanol–water partition coefficient (Wildman–Crippen LogP) is 2.62. The van der Waals surface area contributed by atoms with Crippen LogP contribution in [0.15, 0.2) is 0 Å². The summed E-state index contributed by atoms with van der Waals surface area (Å²) >= 11 is 1.99. The van der Waals surface area contributed by atoms with Gasteiger partial charge in [-0.15, -0.1) is 0 Å². The highest BCUT2D eigenvalue weighted by atomic mass is 32.2. The number of aliphatic carboxylic acids is 1. The molecule has 1 atom stereocenters. The summed E-state index contributed by atoms with van der Waals surface area (Å²) in [7, 11) is 0. The number of hydrogen-bond acceptors (Lipinski definition) is 3. The molecule has 0 aliphatic carbocycles. The van der Waals surface area contributed by atoms with E-state index in [0.717, 1.165) is 25.9 Å². The highest BCUT2D eigenvalue weighted by Gasteiger charge is 2.26. The molecule has 2 aliphatic rings. The summed E-state index contributed by atoms with van der Waals surface area (Å²) in [6.45, 7) is 1.64. The van der Waals surface area contributed by atoms with E-state index in [2.05, 4.69) is 0 Å². The molecule has 2 saturated heterocycles. The number of carbonyl (C=O) groups excluding carboxylic acids is 1. The maximum Gasteiger partial charge on any atom is 0.303 e. The zero-order valence-corrected chi connectivity index (χ0v) is 12.9. The van der Waals surface area contributed by atoms with Gasteiger partial charge in [0, 0.05) is 25.9 Å². The third kappa shape index (κ3) is 5.00. The molecular weight excluding hydrogens is 274 g/mol. The van der Waals surface area contributed by atoms with Crippen molar-refractivity contribution in [3.8, 4) is 0 Å². The van der Waals surface area contributed by atoms with Crippen molar-refractivity contribution < 1.29 is 14.7 Å². The van der Waals surface area contributed by atoms with Crippen molar-refractivity contribution in [1.82, 2.24) is 4.90 Å². The first-order chi connectivity index (χ1) is 9.65. The standard InChI is InChI=1S/C15H25NO3S/c17-14(10-12-5-8-20-9-6-12)16-7-1-2-13(11-16)3-4-15(18)19/h12-13H,1-11H2,(H,18,19)/t13-/m1/s1. The van der Waals surface area contributed by atoms with Gasteiger partial charge in [0.1, 0.15) is 0 Å². The van der Waals surface area contributed by atoms with E-state index in [-0.39, 0.29) is 6.42 Å². The van der Waals surface area contributed by atoms with Gasteiger partial charge in [-0.3, -0.25) is 9.59 Å². The molecule has 1 amide bonds. The van der Waals surface area contributed by atoms with Gasteiger partial charge in [-0.25, -0.2) is 0 Å². The number of piperidine rings is 1. The van der Waals surface area contributed by atoms with Gasteiger partial charge < -0.3 is 10.0 Å². The molecule has 5 heteroatoms. The normalized spacial score (nSPS) is 24.6. The van der Waals surface area contributed by atoms with Crippen LogP contribution >= 0.6 is 11.8 Å². The van der Waals surface area contributed by atoms with Crippen LogP contribution in [0.1, 0.15) is 44.9 Å². The Kier molecular flexibility index (Phi) is 6.20. The Morgan fingerprint density at radius 1 is 1.15 bits per heavy atom. The Bertz CT molecular complexity index is 342. The Hall–Kier alpha value is -0.710. The van der Waals surface area contributed by atoms with E-state index < -0.39 is 5.97 Å². The second-order valence-corrected chi connectivity index (χ2v) is 7.27. The van der Waals surface area contributed by atoms with Crippen LogP contribution in [0.5, 0.6) is 0 Å². The SMILES string of the molecule is O=C(O)CC[C@H]1CCCN(C(=O)CC2CCSCC2)C1. The first-order valence-corrected chi connectivity index (χ1v) is 8.88. The number of thioether (sulfide) groups is 1. The molecule has 4 nitrogen and oxygen atoms in total. The number of carboxylic acid groups (broad SMARTS) is 1. The molecule has 20 heavy (non-hydrogen) atoms. The van der Waals surface area contributed by atoms with Crippen LogP contribution in [0.3, 0.4) is 0 Å². The zero-order valence-electron chi connectivity index (χ0n) is 12.1. The molecule has 114 valence electrons. The van der Waals surface area contributed by atoms with E-state index in [0.29, 0.717) is 30.6 Å². The third-order valence-corrected chi connectivity index (χ3v) is 5.49. The second-order valence-electron chi connectivity index (χ2n) is 6.04. The number of carboxylic acids is 1. The van der Waals surface area contributed by atoms with Gasteiger partial charge in [-0.1, -0.05) is 0 Å². The van der Waals surface area contributed by atoms with E-state index >= 15 is 0 Å². The van der Waals surface area contributed by atoms with Gasteiger partial charge in [0.25, 0.3) is 0 Å². The molecule has 2 rings (SSSR count). The van der Waals surface area contributed by atoms with Crippen molar-refractivity contribution in [2.24, 2.45) is 11.8 Å². The van der Waals surface area contributed by atoms with E-state index in [1.54, 1.807) is 0 Å². The van der Waals surface area contributed by atoms with Crippen molar-refractivity contribution in [2.75, 3.05) is 24.6 Å². The summed E-state index contributed by atoms with van der Waals surface area (Å²) in [4.78, 5) is 25.0. The third-order valence-electron chi connectivity index (χ3n) is 4.44. The molecule has 0 radical (unpaired) electrons. The van der Waals surface area contributed by atoms with Crippen molar-refractivity contribution in [3.63, 3.8) is 0 Å². The number of hydrogen-bond donors (Lipinski definition) is 1. The lowest BCUT2D eigenvalue weighted by molar-refractivity contribution is -0.137. The lowest BCUT2D eigenvalue weighted by Gasteiger charge is -2.34. The minimum absolute atomic E-state index is 0.229. The maximum atomic E-state index is 12.4. The lowest BCUT2D eigenvalue weighted by atomic mass is 9.92. The van der Waals surface area contributed by atoms with E-state index in [1.165, 1.54) is 24.3 Å². The molecule has 2 heterocycles. The molecular formula is C15H25NO3S. The summed E-state index contributed by atoms with van der Waals surface area (Å²) < 4.78 is 0. The first kappa shape index (κ1) is 15.7. The highest BCUT2D eigenvalue weighted by molar-refractivity contribution is 7.99.